The fourth-order valence-electron chi connectivity index (χ4n) is 1.20. The lowest BCUT2D eigenvalue weighted by molar-refractivity contribution is 0.173. The zero-order valence-corrected chi connectivity index (χ0v) is 7.04. The second-order valence-corrected chi connectivity index (χ2v) is 3.49. The molecule has 0 fully saturated rings. The highest BCUT2D eigenvalue weighted by Gasteiger charge is 2.23. The molecular formula is C8H7NO2S. The average molecular weight is 181 g/mol. The largest absolute Gasteiger partial charge is 0.464 e. The molecule has 0 atom stereocenters. The monoisotopic (exact) mass is 181 g/mol. The van der Waals surface area contributed by atoms with Crippen LogP contribution in [0.4, 0.5) is 4.79 Å². The smallest absolute Gasteiger partial charge is 0.416 e. The van der Waals surface area contributed by atoms with Gasteiger partial charge >= 0.3 is 6.09 Å². The molecule has 2 aliphatic heterocycles. The molecule has 62 valence electrons. The molecule has 2 rings (SSSR count). The highest BCUT2D eigenvalue weighted by molar-refractivity contribution is 8.03. The van der Waals surface area contributed by atoms with Gasteiger partial charge in [-0.3, -0.25) is 4.90 Å². The van der Waals surface area contributed by atoms with Gasteiger partial charge in [0.1, 0.15) is 0 Å². The van der Waals surface area contributed by atoms with Crippen molar-refractivity contribution in [3.63, 3.8) is 0 Å². The molecule has 4 heteroatoms. The summed E-state index contributed by atoms with van der Waals surface area (Å²) in [6.45, 7) is 0. The molecule has 0 aromatic heterocycles. The van der Waals surface area contributed by atoms with Crippen LogP contribution in [0.25, 0.3) is 0 Å². The van der Waals surface area contributed by atoms with Gasteiger partial charge in [0.05, 0.1) is 5.70 Å². The summed E-state index contributed by atoms with van der Waals surface area (Å²) in [5.41, 5.74) is 0.801. The van der Waals surface area contributed by atoms with Crippen molar-refractivity contribution in [2.45, 2.75) is 0 Å². The molecule has 0 aliphatic carbocycles. The summed E-state index contributed by atoms with van der Waals surface area (Å²) >= 11 is 1.66. The van der Waals surface area contributed by atoms with E-state index in [0.29, 0.717) is 0 Å². The molecule has 0 aromatic rings. The lowest BCUT2D eigenvalue weighted by Gasteiger charge is -2.19. The third kappa shape index (κ3) is 1.04. The van der Waals surface area contributed by atoms with Crippen molar-refractivity contribution in [2.24, 2.45) is 0 Å². The molecule has 1 N–H and O–H groups in total. The Kier molecular flexibility index (Phi) is 1.69. The molecule has 0 bridgehead atoms. The van der Waals surface area contributed by atoms with Gasteiger partial charge in [-0.15, -0.1) is 11.8 Å². The van der Waals surface area contributed by atoms with Crippen molar-refractivity contribution >= 4 is 17.9 Å². The second-order valence-electron chi connectivity index (χ2n) is 2.43. The van der Waals surface area contributed by atoms with Crippen LogP contribution >= 0.6 is 11.8 Å². The quantitative estimate of drug-likeness (QED) is 0.621. The van der Waals surface area contributed by atoms with Gasteiger partial charge in [-0.05, 0) is 18.2 Å². The van der Waals surface area contributed by atoms with Crippen LogP contribution in [-0.4, -0.2) is 21.9 Å². The van der Waals surface area contributed by atoms with Crippen LogP contribution in [0.1, 0.15) is 0 Å². The van der Waals surface area contributed by atoms with E-state index in [1.165, 1.54) is 4.90 Å². The van der Waals surface area contributed by atoms with E-state index in [4.69, 9.17) is 5.11 Å². The summed E-state index contributed by atoms with van der Waals surface area (Å²) in [7, 11) is 0. The molecule has 0 saturated carbocycles. The number of rotatable bonds is 0. The molecule has 3 nitrogen and oxygen atoms in total. The zero-order chi connectivity index (χ0) is 8.55. The predicted molar refractivity (Wildman–Crippen MR) is 47.6 cm³/mol. The van der Waals surface area contributed by atoms with Crippen molar-refractivity contribution in [1.82, 2.24) is 4.90 Å². The Balaban J connectivity index is 2.35. The Morgan fingerprint density at radius 3 is 3.25 bits per heavy atom. The first-order valence-corrected chi connectivity index (χ1v) is 4.51. The van der Waals surface area contributed by atoms with Crippen LogP contribution in [0, 0.1) is 0 Å². The topological polar surface area (TPSA) is 40.5 Å². The number of hydrogen-bond donors (Lipinski definition) is 1. The van der Waals surface area contributed by atoms with Gasteiger partial charge in [-0.25, -0.2) is 4.79 Å². The number of carbonyl (C=O) groups is 1. The van der Waals surface area contributed by atoms with E-state index >= 15 is 0 Å². The van der Waals surface area contributed by atoms with Crippen molar-refractivity contribution in [1.29, 1.82) is 0 Å². The van der Waals surface area contributed by atoms with Crippen LogP contribution in [0.15, 0.2) is 35.0 Å². The van der Waals surface area contributed by atoms with Crippen molar-refractivity contribution in [3.8, 4) is 0 Å². The Hall–Kier alpha value is -1.16. The van der Waals surface area contributed by atoms with Crippen LogP contribution in [-0.2, 0) is 0 Å². The average Bonchev–Trinajstić information content (AvgIpc) is 2.49. The number of amides is 1. The van der Waals surface area contributed by atoms with Crippen LogP contribution in [0.5, 0.6) is 0 Å². The minimum Gasteiger partial charge on any atom is -0.464 e. The number of hydrogen-bond acceptors (Lipinski definition) is 2. The summed E-state index contributed by atoms with van der Waals surface area (Å²) in [4.78, 5) is 13.0. The zero-order valence-electron chi connectivity index (χ0n) is 6.23. The molecule has 0 saturated heterocycles. The predicted octanol–water partition coefficient (Wildman–Crippen LogP) is 2.01. The highest BCUT2D eigenvalue weighted by atomic mass is 32.2. The van der Waals surface area contributed by atoms with Gasteiger partial charge in [-0.1, -0.05) is 0 Å². The third-order valence-electron chi connectivity index (χ3n) is 1.72. The number of fused-ring (bicyclic) bond motifs is 1. The fourth-order valence-corrected chi connectivity index (χ4v) is 2.12. The Labute approximate surface area is 74.1 Å². The fraction of sp³-hybridized carbons (Fsp3) is 0.125. The maximum Gasteiger partial charge on any atom is 0.416 e. The first kappa shape index (κ1) is 7.49. The number of thioether (sulfide) groups is 1. The molecule has 0 unspecified atom stereocenters. The summed E-state index contributed by atoms with van der Waals surface area (Å²) in [5.74, 6) is 0.868. The van der Waals surface area contributed by atoms with E-state index in [0.717, 1.165) is 16.4 Å². The van der Waals surface area contributed by atoms with E-state index in [2.05, 4.69) is 0 Å². The molecule has 2 heterocycles. The third-order valence-corrected chi connectivity index (χ3v) is 2.71. The van der Waals surface area contributed by atoms with Gasteiger partial charge in [0, 0.05) is 16.9 Å². The Morgan fingerprint density at radius 1 is 1.67 bits per heavy atom. The first-order valence-electron chi connectivity index (χ1n) is 3.53. The maximum absolute atomic E-state index is 10.7. The minimum absolute atomic E-state index is 0.801. The number of nitrogens with zero attached hydrogens (tertiary/aromatic N) is 1. The molecule has 1 amide bonds. The number of allylic oxidation sites excluding steroid dienone is 2. The summed E-state index contributed by atoms with van der Waals surface area (Å²) in [5, 5.41) is 8.78. The summed E-state index contributed by atoms with van der Waals surface area (Å²) < 4.78 is 0. The van der Waals surface area contributed by atoms with Crippen LogP contribution in [0.3, 0.4) is 0 Å². The Morgan fingerprint density at radius 2 is 2.50 bits per heavy atom. The van der Waals surface area contributed by atoms with Crippen molar-refractivity contribution in [3.05, 3.63) is 35.0 Å². The van der Waals surface area contributed by atoms with E-state index in [1.54, 1.807) is 24.0 Å². The van der Waals surface area contributed by atoms with E-state index in [9.17, 15) is 4.79 Å². The SMILES string of the molecule is O=C(O)N1C=CC=C2SCC=C21. The standard InChI is InChI=1S/C8H7NO2S/c10-8(11)9-4-1-2-7-6(9)3-5-12-7/h1-4H,5H2,(H,10,11). The normalized spacial score (nSPS) is 20.2. The summed E-state index contributed by atoms with van der Waals surface area (Å²) in [6.07, 6.45) is 6.24. The van der Waals surface area contributed by atoms with Gasteiger partial charge in [-0.2, -0.15) is 0 Å². The van der Waals surface area contributed by atoms with Gasteiger partial charge < -0.3 is 5.11 Å². The van der Waals surface area contributed by atoms with Crippen molar-refractivity contribution < 1.29 is 9.90 Å². The molecular weight excluding hydrogens is 174 g/mol. The molecule has 0 aromatic carbocycles. The second kappa shape index (κ2) is 2.71. The molecule has 12 heavy (non-hydrogen) atoms. The Bertz CT molecular complexity index is 317. The summed E-state index contributed by atoms with van der Waals surface area (Å²) in [6, 6.07) is 0. The van der Waals surface area contributed by atoms with E-state index in [-0.39, 0.29) is 0 Å². The molecule has 0 radical (unpaired) electrons. The van der Waals surface area contributed by atoms with Crippen LogP contribution in [0.2, 0.25) is 0 Å². The highest BCUT2D eigenvalue weighted by Crippen LogP contribution is 2.35. The van der Waals surface area contributed by atoms with Crippen LogP contribution < -0.4 is 0 Å². The maximum atomic E-state index is 10.7. The van der Waals surface area contributed by atoms with Gasteiger partial charge in [0.25, 0.3) is 0 Å². The first-order chi connectivity index (χ1) is 5.79. The van der Waals surface area contributed by atoms with Crippen molar-refractivity contribution in [2.75, 3.05) is 5.75 Å². The minimum atomic E-state index is -0.925. The lowest BCUT2D eigenvalue weighted by Crippen LogP contribution is -2.23. The van der Waals surface area contributed by atoms with Gasteiger partial charge in [0.15, 0.2) is 0 Å². The lowest BCUT2D eigenvalue weighted by atomic mass is 10.3. The van der Waals surface area contributed by atoms with E-state index in [1.807, 2.05) is 12.2 Å². The number of carboxylic acid groups (broad SMARTS) is 1. The molecule has 2 aliphatic rings. The van der Waals surface area contributed by atoms with Gasteiger partial charge in [0.2, 0.25) is 0 Å². The molecule has 0 spiro atoms. The van der Waals surface area contributed by atoms with E-state index < -0.39 is 6.09 Å².